The number of rotatable bonds is 3. The number of carbonyl (C=O) groups is 1. The molecular formula is C16H22FN3O. The molecule has 1 aliphatic carbocycles. The normalized spacial score (nSPS) is 24.8. The maximum atomic E-state index is 14.4. The van der Waals surface area contributed by atoms with Crippen molar-refractivity contribution < 1.29 is 9.18 Å². The van der Waals surface area contributed by atoms with Crippen LogP contribution >= 0.6 is 0 Å². The fourth-order valence-corrected chi connectivity index (χ4v) is 3.76. The number of hydrogen-bond donors (Lipinski definition) is 1. The van der Waals surface area contributed by atoms with E-state index in [9.17, 15) is 9.18 Å². The van der Waals surface area contributed by atoms with E-state index in [-0.39, 0.29) is 17.3 Å². The molecule has 1 N–H and O–H groups in total. The Hall–Kier alpha value is -1.65. The first-order valence-electron chi connectivity index (χ1n) is 7.91. The Morgan fingerprint density at radius 1 is 1.43 bits per heavy atom. The van der Waals surface area contributed by atoms with Crippen LogP contribution in [-0.2, 0) is 0 Å². The van der Waals surface area contributed by atoms with E-state index >= 15 is 0 Å². The predicted molar refractivity (Wildman–Crippen MR) is 79.8 cm³/mol. The Morgan fingerprint density at radius 2 is 2.24 bits per heavy atom. The topological polar surface area (TPSA) is 45.2 Å². The average molecular weight is 291 g/mol. The molecule has 114 valence electrons. The third-order valence-electron chi connectivity index (χ3n) is 4.72. The SMILES string of the molecule is CCNc1nccc(C(=O)N2CCCC3CCCC32)c1F. The summed E-state index contributed by atoms with van der Waals surface area (Å²) in [5.41, 5.74) is 0.147. The van der Waals surface area contributed by atoms with Crippen molar-refractivity contribution in [3.63, 3.8) is 0 Å². The van der Waals surface area contributed by atoms with Crippen LogP contribution in [0.25, 0.3) is 0 Å². The second-order valence-electron chi connectivity index (χ2n) is 5.95. The zero-order chi connectivity index (χ0) is 14.8. The summed E-state index contributed by atoms with van der Waals surface area (Å²) in [7, 11) is 0. The second-order valence-corrected chi connectivity index (χ2v) is 5.95. The van der Waals surface area contributed by atoms with Crippen molar-refractivity contribution >= 4 is 11.7 Å². The number of nitrogens with zero attached hydrogens (tertiary/aromatic N) is 2. The molecule has 3 rings (SSSR count). The first kappa shape index (κ1) is 14.3. The molecule has 0 radical (unpaired) electrons. The fourth-order valence-electron chi connectivity index (χ4n) is 3.76. The molecule has 0 spiro atoms. The summed E-state index contributed by atoms with van der Waals surface area (Å²) in [6, 6.07) is 1.80. The van der Waals surface area contributed by atoms with Crippen LogP contribution in [0.3, 0.4) is 0 Å². The van der Waals surface area contributed by atoms with Gasteiger partial charge in [-0.2, -0.15) is 0 Å². The molecule has 0 aromatic carbocycles. The summed E-state index contributed by atoms with van der Waals surface area (Å²) in [5.74, 6) is 0.0827. The van der Waals surface area contributed by atoms with Crippen LogP contribution in [0, 0.1) is 11.7 Å². The molecule has 21 heavy (non-hydrogen) atoms. The zero-order valence-corrected chi connectivity index (χ0v) is 12.4. The molecule has 1 saturated heterocycles. The van der Waals surface area contributed by atoms with Gasteiger partial charge in [-0.15, -0.1) is 0 Å². The van der Waals surface area contributed by atoms with Gasteiger partial charge in [0.15, 0.2) is 11.6 Å². The summed E-state index contributed by atoms with van der Waals surface area (Å²) in [5, 5.41) is 2.86. The smallest absolute Gasteiger partial charge is 0.257 e. The maximum Gasteiger partial charge on any atom is 0.257 e. The number of carbonyl (C=O) groups excluding carboxylic acids is 1. The standard InChI is InChI=1S/C16H22FN3O/c1-2-18-15-14(17)12(8-9-19-15)16(21)20-10-4-6-11-5-3-7-13(11)20/h8-9,11,13H,2-7,10H2,1H3,(H,18,19). The summed E-state index contributed by atoms with van der Waals surface area (Å²) >= 11 is 0. The molecule has 2 fully saturated rings. The number of pyridine rings is 1. The summed E-state index contributed by atoms with van der Waals surface area (Å²) in [4.78, 5) is 18.6. The van der Waals surface area contributed by atoms with E-state index in [1.807, 2.05) is 11.8 Å². The minimum atomic E-state index is -0.524. The zero-order valence-electron chi connectivity index (χ0n) is 12.4. The largest absolute Gasteiger partial charge is 0.368 e. The number of hydrogen-bond acceptors (Lipinski definition) is 3. The van der Waals surface area contributed by atoms with E-state index in [0.29, 0.717) is 18.5 Å². The van der Waals surface area contributed by atoms with Crippen LogP contribution in [-0.4, -0.2) is 34.9 Å². The molecule has 2 unspecified atom stereocenters. The molecule has 1 saturated carbocycles. The van der Waals surface area contributed by atoms with E-state index < -0.39 is 5.82 Å². The van der Waals surface area contributed by atoms with E-state index in [0.717, 1.165) is 19.4 Å². The number of piperidine rings is 1. The number of amides is 1. The lowest BCUT2D eigenvalue weighted by molar-refractivity contribution is 0.0543. The van der Waals surface area contributed by atoms with Crippen LogP contribution in [0.15, 0.2) is 12.3 Å². The maximum absolute atomic E-state index is 14.4. The number of halogens is 1. The highest BCUT2D eigenvalue weighted by Crippen LogP contribution is 2.37. The number of likely N-dealkylation sites (tertiary alicyclic amines) is 1. The van der Waals surface area contributed by atoms with Gasteiger partial charge in [0.05, 0.1) is 5.56 Å². The highest BCUT2D eigenvalue weighted by molar-refractivity contribution is 5.95. The number of nitrogens with one attached hydrogen (secondary N) is 1. The van der Waals surface area contributed by atoms with Crippen molar-refractivity contribution in [1.29, 1.82) is 0 Å². The summed E-state index contributed by atoms with van der Waals surface area (Å²) in [6.07, 6.45) is 7.18. The second kappa shape index (κ2) is 6.00. The van der Waals surface area contributed by atoms with Gasteiger partial charge in [0.25, 0.3) is 5.91 Å². The van der Waals surface area contributed by atoms with Gasteiger partial charge in [-0.3, -0.25) is 4.79 Å². The molecule has 2 heterocycles. The van der Waals surface area contributed by atoms with Crippen molar-refractivity contribution in [2.75, 3.05) is 18.4 Å². The number of anilines is 1. The van der Waals surface area contributed by atoms with Gasteiger partial charge in [-0.1, -0.05) is 6.42 Å². The Bertz CT molecular complexity index is 534. The fraction of sp³-hybridized carbons (Fsp3) is 0.625. The lowest BCUT2D eigenvalue weighted by atomic mass is 9.91. The first-order chi connectivity index (χ1) is 10.2. The highest BCUT2D eigenvalue weighted by atomic mass is 19.1. The highest BCUT2D eigenvalue weighted by Gasteiger charge is 2.38. The van der Waals surface area contributed by atoms with Crippen LogP contribution in [0.5, 0.6) is 0 Å². The van der Waals surface area contributed by atoms with Crippen molar-refractivity contribution in [2.45, 2.75) is 45.1 Å². The van der Waals surface area contributed by atoms with Gasteiger partial charge in [-0.05, 0) is 44.6 Å². The lowest BCUT2D eigenvalue weighted by Crippen LogP contribution is -2.46. The van der Waals surface area contributed by atoms with E-state index in [1.54, 1.807) is 0 Å². The van der Waals surface area contributed by atoms with E-state index in [1.165, 1.54) is 31.5 Å². The van der Waals surface area contributed by atoms with Gasteiger partial charge in [-0.25, -0.2) is 9.37 Å². The molecule has 1 aliphatic heterocycles. The van der Waals surface area contributed by atoms with E-state index in [4.69, 9.17) is 0 Å². The molecule has 0 bridgehead atoms. The summed E-state index contributed by atoms with van der Waals surface area (Å²) in [6.45, 7) is 3.21. The van der Waals surface area contributed by atoms with Gasteiger partial charge >= 0.3 is 0 Å². The van der Waals surface area contributed by atoms with Crippen molar-refractivity contribution in [3.8, 4) is 0 Å². The predicted octanol–water partition coefficient (Wildman–Crippen LogP) is 3.06. The Labute approximate surface area is 124 Å². The molecule has 1 aromatic rings. The molecule has 2 aliphatic rings. The molecule has 2 atom stereocenters. The number of aromatic nitrogens is 1. The minimum absolute atomic E-state index is 0.147. The van der Waals surface area contributed by atoms with Crippen LogP contribution in [0.1, 0.15) is 49.4 Å². The van der Waals surface area contributed by atoms with Gasteiger partial charge < -0.3 is 10.2 Å². The van der Waals surface area contributed by atoms with Crippen molar-refractivity contribution in [1.82, 2.24) is 9.88 Å². The Kier molecular flexibility index (Phi) is 4.08. The molecular weight excluding hydrogens is 269 g/mol. The van der Waals surface area contributed by atoms with Crippen LogP contribution < -0.4 is 5.32 Å². The molecule has 4 nitrogen and oxygen atoms in total. The van der Waals surface area contributed by atoms with Crippen molar-refractivity contribution in [2.24, 2.45) is 5.92 Å². The molecule has 5 heteroatoms. The quantitative estimate of drug-likeness (QED) is 0.931. The monoisotopic (exact) mass is 291 g/mol. The number of fused-ring (bicyclic) bond motifs is 1. The van der Waals surface area contributed by atoms with Gasteiger partial charge in [0.1, 0.15) is 0 Å². The third kappa shape index (κ3) is 2.61. The van der Waals surface area contributed by atoms with Crippen LogP contribution in [0.2, 0.25) is 0 Å². The first-order valence-corrected chi connectivity index (χ1v) is 7.91. The Morgan fingerprint density at radius 3 is 3.05 bits per heavy atom. The van der Waals surface area contributed by atoms with Gasteiger partial charge in [0, 0.05) is 25.3 Å². The molecule has 1 aromatic heterocycles. The van der Waals surface area contributed by atoms with E-state index in [2.05, 4.69) is 10.3 Å². The summed E-state index contributed by atoms with van der Waals surface area (Å²) < 4.78 is 14.4. The lowest BCUT2D eigenvalue weighted by Gasteiger charge is -2.38. The third-order valence-corrected chi connectivity index (χ3v) is 4.72. The minimum Gasteiger partial charge on any atom is -0.368 e. The van der Waals surface area contributed by atoms with Crippen molar-refractivity contribution in [3.05, 3.63) is 23.6 Å². The molecule has 1 amide bonds. The Balaban J connectivity index is 1.86. The van der Waals surface area contributed by atoms with Gasteiger partial charge in [0.2, 0.25) is 0 Å². The van der Waals surface area contributed by atoms with Crippen LogP contribution in [0.4, 0.5) is 10.2 Å². The average Bonchev–Trinajstić information content (AvgIpc) is 2.97.